The van der Waals surface area contributed by atoms with Crippen LogP contribution < -0.4 is 5.32 Å². The van der Waals surface area contributed by atoms with Gasteiger partial charge in [-0.25, -0.2) is 0 Å². The molecule has 0 aromatic heterocycles. The SMILES string of the molecule is CN[C@@H](C)c1cccc(C)c1O. The first-order valence-corrected chi connectivity index (χ1v) is 4.12. The van der Waals surface area contributed by atoms with E-state index >= 15 is 0 Å². The van der Waals surface area contributed by atoms with Crippen LogP contribution in [0.5, 0.6) is 5.75 Å². The second kappa shape index (κ2) is 3.59. The molecule has 0 fully saturated rings. The Labute approximate surface area is 73.2 Å². The lowest BCUT2D eigenvalue weighted by atomic mass is 10.0. The molecule has 0 spiro atoms. The van der Waals surface area contributed by atoms with Gasteiger partial charge in [0.1, 0.15) is 5.75 Å². The maximum Gasteiger partial charge on any atom is 0.123 e. The van der Waals surface area contributed by atoms with Crippen LogP contribution in [0.2, 0.25) is 0 Å². The molecule has 12 heavy (non-hydrogen) atoms. The molecule has 0 bridgehead atoms. The molecule has 0 aliphatic rings. The van der Waals surface area contributed by atoms with E-state index in [9.17, 15) is 5.11 Å². The molecular formula is C10H15NO. The van der Waals surface area contributed by atoms with E-state index in [1.165, 1.54) is 0 Å². The first-order valence-electron chi connectivity index (χ1n) is 4.12. The Bertz CT molecular complexity index is 271. The quantitative estimate of drug-likeness (QED) is 0.702. The van der Waals surface area contributed by atoms with Crippen LogP contribution in [0.3, 0.4) is 0 Å². The zero-order valence-electron chi connectivity index (χ0n) is 7.76. The fourth-order valence-electron chi connectivity index (χ4n) is 1.19. The molecule has 0 aliphatic carbocycles. The molecule has 0 aliphatic heterocycles. The van der Waals surface area contributed by atoms with Gasteiger partial charge >= 0.3 is 0 Å². The van der Waals surface area contributed by atoms with Gasteiger partial charge in [-0.15, -0.1) is 0 Å². The van der Waals surface area contributed by atoms with E-state index in [1.54, 1.807) is 0 Å². The highest BCUT2D eigenvalue weighted by atomic mass is 16.3. The topological polar surface area (TPSA) is 32.3 Å². The molecule has 0 amide bonds. The maximum atomic E-state index is 9.66. The number of aryl methyl sites for hydroxylation is 1. The zero-order chi connectivity index (χ0) is 9.14. The third kappa shape index (κ3) is 1.59. The molecule has 1 aromatic rings. The summed E-state index contributed by atoms with van der Waals surface area (Å²) in [5.41, 5.74) is 1.88. The van der Waals surface area contributed by atoms with Crippen molar-refractivity contribution in [3.63, 3.8) is 0 Å². The summed E-state index contributed by atoms with van der Waals surface area (Å²) < 4.78 is 0. The number of phenolic OH excluding ortho intramolecular Hbond substituents is 1. The van der Waals surface area contributed by atoms with Crippen LogP contribution in [0.25, 0.3) is 0 Å². The molecule has 0 saturated heterocycles. The largest absolute Gasteiger partial charge is 0.507 e. The average molecular weight is 165 g/mol. The number of para-hydroxylation sites is 1. The van der Waals surface area contributed by atoms with E-state index in [-0.39, 0.29) is 6.04 Å². The molecule has 2 nitrogen and oxygen atoms in total. The highest BCUT2D eigenvalue weighted by Crippen LogP contribution is 2.26. The van der Waals surface area contributed by atoms with Crippen LogP contribution in [0.1, 0.15) is 24.1 Å². The second-order valence-corrected chi connectivity index (χ2v) is 3.02. The van der Waals surface area contributed by atoms with Crippen molar-refractivity contribution in [2.75, 3.05) is 7.05 Å². The molecule has 66 valence electrons. The first-order chi connectivity index (χ1) is 5.66. The average Bonchev–Trinajstić information content (AvgIpc) is 2.08. The van der Waals surface area contributed by atoms with Gasteiger partial charge in [0.15, 0.2) is 0 Å². The van der Waals surface area contributed by atoms with E-state index in [1.807, 2.05) is 39.1 Å². The van der Waals surface area contributed by atoms with Crippen molar-refractivity contribution >= 4 is 0 Å². The molecule has 2 heteroatoms. The van der Waals surface area contributed by atoms with Crippen molar-refractivity contribution in [3.05, 3.63) is 29.3 Å². The second-order valence-electron chi connectivity index (χ2n) is 3.02. The van der Waals surface area contributed by atoms with E-state index in [0.717, 1.165) is 11.1 Å². The third-order valence-corrected chi connectivity index (χ3v) is 2.17. The molecule has 1 atom stereocenters. The molecule has 0 radical (unpaired) electrons. The fraction of sp³-hybridized carbons (Fsp3) is 0.400. The van der Waals surface area contributed by atoms with Crippen molar-refractivity contribution in [2.45, 2.75) is 19.9 Å². The molecule has 1 rings (SSSR count). The van der Waals surface area contributed by atoms with Gasteiger partial charge in [-0.2, -0.15) is 0 Å². The van der Waals surface area contributed by atoms with E-state index in [2.05, 4.69) is 5.32 Å². The molecule has 0 saturated carbocycles. The Morgan fingerprint density at radius 1 is 1.42 bits per heavy atom. The van der Waals surface area contributed by atoms with Crippen LogP contribution >= 0.6 is 0 Å². The minimum Gasteiger partial charge on any atom is -0.507 e. The predicted molar refractivity (Wildman–Crippen MR) is 50.3 cm³/mol. The zero-order valence-corrected chi connectivity index (χ0v) is 7.76. The molecule has 0 unspecified atom stereocenters. The summed E-state index contributed by atoms with van der Waals surface area (Å²) in [6.07, 6.45) is 0. The summed E-state index contributed by atoms with van der Waals surface area (Å²) in [6.45, 7) is 3.93. The lowest BCUT2D eigenvalue weighted by molar-refractivity contribution is 0.454. The minimum atomic E-state index is 0.199. The van der Waals surface area contributed by atoms with Crippen LogP contribution in [0.4, 0.5) is 0 Å². The highest BCUT2D eigenvalue weighted by Gasteiger charge is 2.08. The van der Waals surface area contributed by atoms with Gasteiger partial charge in [-0.1, -0.05) is 18.2 Å². The summed E-state index contributed by atoms with van der Waals surface area (Å²) in [6, 6.07) is 5.99. The summed E-state index contributed by atoms with van der Waals surface area (Å²) in [5.74, 6) is 0.402. The smallest absolute Gasteiger partial charge is 0.123 e. The van der Waals surface area contributed by atoms with Crippen molar-refractivity contribution in [2.24, 2.45) is 0 Å². The fourth-order valence-corrected chi connectivity index (χ4v) is 1.19. The number of phenols is 1. The van der Waals surface area contributed by atoms with Crippen LogP contribution in [-0.4, -0.2) is 12.2 Å². The van der Waals surface area contributed by atoms with E-state index < -0.39 is 0 Å². The lowest BCUT2D eigenvalue weighted by Gasteiger charge is -2.13. The first kappa shape index (κ1) is 9.07. The van der Waals surface area contributed by atoms with E-state index in [0.29, 0.717) is 5.75 Å². The number of hydrogen-bond acceptors (Lipinski definition) is 2. The summed E-state index contributed by atoms with van der Waals surface area (Å²) >= 11 is 0. The van der Waals surface area contributed by atoms with Crippen LogP contribution in [-0.2, 0) is 0 Å². The van der Waals surface area contributed by atoms with Crippen molar-refractivity contribution in [1.82, 2.24) is 5.32 Å². The van der Waals surface area contributed by atoms with E-state index in [4.69, 9.17) is 0 Å². The molecule has 0 heterocycles. The summed E-state index contributed by atoms with van der Waals surface area (Å²) in [5, 5.41) is 12.7. The Morgan fingerprint density at radius 3 is 2.67 bits per heavy atom. The standard InChI is InChI=1S/C10H15NO/c1-7-5-4-6-9(10(7)12)8(2)11-3/h4-6,8,11-12H,1-3H3/t8-/m0/s1. The van der Waals surface area contributed by atoms with Gasteiger partial charge in [0.2, 0.25) is 0 Å². The summed E-state index contributed by atoms with van der Waals surface area (Å²) in [4.78, 5) is 0. The van der Waals surface area contributed by atoms with Crippen LogP contribution in [0.15, 0.2) is 18.2 Å². The van der Waals surface area contributed by atoms with Gasteiger partial charge in [0, 0.05) is 11.6 Å². The lowest BCUT2D eigenvalue weighted by Crippen LogP contribution is -2.12. The highest BCUT2D eigenvalue weighted by molar-refractivity contribution is 5.40. The number of aromatic hydroxyl groups is 1. The monoisotopic (exact) mass is 165 g/mol. The number of nitrogens with one attached hydrogen (secondary N) is 1. The van der Waals surface area contributed by atoms with Gasteiger partial charge in [-0.05, 0) is 26.5 Å². The summed E-state index contributed by atoms with van der Waals surface area (Å²) in [7, 11) is 1.88. The van der Waals surface area contributed by atoms with Gasteiger partial charge in [-0.3, -0.25) is 0 Å². The van der Waals surface area contributed by atoms with Gasteiger partial charge < -0.3 is 10.4 Å². The van der Waals surface area contributed by atoms with Crippen molar-refractivity contribution in [1.29, 1.82) is 0 Å². The molecule has 1 aromatic carbocycles. The number of hydrogen-bond donors (Lipinski definition) is 2. The maximum absolute atomic E-state index is 9.66. The Hall–Kier alpha value is -1.02. The Balaban J connectivity index is 3.07. The van der Waals surface area contributed by atoms with Gasteiger partial charge in [0.25, 0.3) is 0 Å². The van der Waals surface area contributed by atoms with Gasteiger partial charge in [0.05, 0.1) is 0 Å². The number of benzene rings is 1. The molecule has 2 N–H and O–H groups in total. The number of rotatable bonds is 2. The molecular weight excluding hydrogens is 150 g/mol. The van der Waals surface area contributed by atoms with Crippen molar-refractivity contribution in [3.8, 4) is 5.75 Å². The van der Waals surface area contributed by atoms with Crippen LogP contribution in [0, 0.1) is 6.92 Å². The normalized spacial score (nSPS) is 12.9. The Morgan fingerprint density at radius 2 is 2.08 bits per heavy atom. The predicted octanol–water partition coefficient (Wildman–Crippen LogP) is 1.98. The third-order valence-electron chi connectivity index (χ3n) is 2.17. The Kier molecular flexibility index (Phi) is 2.71. The van der Waals surface area contributed by atoms with Crippen molar-refractivity contribution < 1.29 is 5.11 Å². The minimum absolute atomic E-state index is 0.199.